The van der Waals surface area contributed by atoms with Gasteiger partial charge in [-0.25, -0.2) is 9.37 Å². The number of aromatic nitrogens is 5. The number of allylic oxidation sites excluding steroid dienone is 5. The molecule has 7 heteroatoms. The number of nitrogens with zero attached hydrogens (tertiary/aromatic N) is 3. The Morgan fingerprint density at radius 1 is 1.13 bits per heavy atom. The van der Waals surface area contributed by atoms with E-state index >= 15 is 0 Å². The van der Waals surface area contributed by atoms with Crippen molar-refractivity contribution in [2.75, 3.05) is 0 Å². The first kappa shape index (κ1) is 24.9. The van der Waals surface area contributed by atoms with Crippen molar-refractivity contribution >= 4 is 27.5 Å². The van der Waals surface area contributed by atoms with Crippen LogP contribution >= 0.6 is 0 Å². The van der Waals surface area contributed by atoms with Gasteiger partial charge in [-0.2, -0.15) is 5.10 Å². The zero-order valence-electron chi connectivity index (χ0n) is 21.5. The molecule has 6 nitrogen and oxygen atoms in total. The highest BCUT2D eigenvalue weighted by Crippen LogP contribution is 2.33. The van der Waals surface area contributed by atoms with E-state index in [0.29, 0.717) is 5.69 Å². The molecule has 0 unspecified atom stereocenters. The van der Waals surface area contributed by atoms with E-state index < -0.39 is 0 Å². The van der Waals surface area contributed by atoms with Crippen LogP contribution in [0.15, 0.2) is 97.6 Å². The van der Waals surface area contributed by atoms with Gasteiger partial charge < -0.3 is 10.3 Å². The molecule has 0 bridgehead atoms. The van der Waals surface area contributed by atoms with Crippen molar-refractivity contribution in [1.82, 2.24) is 30.5 Å². The first-order chi connectivity index (χ1) is 18.5. The van der Waals surface area contributed by atoms with E-state index in [4.69, 9.17) is 4.98 Å². The van der Waals surface area contributed by atoms with Crippen LogP contribution < -0.4 is 5.32 Å². The molecule has 0 atom stereocenters. The van der Waals surface area contributed by atoms with E-state index in [0.717, 1.165) is 74.3 Å². The number of fused-ring (bicyclic) bond motifs is 2. The second-order valence-electron chi connectivity index (χ2n) is 9.03. The topological polar surface area (TPSA) is 82.3 Å². The molecular formula is C31H29FN6. The van der Waals surface area contributed by atoms with Gasteiger partial charge in [0.15, 0.2) is 0 Å². The number of rotatable bonds is 9. The summed E-state index contributed by atoms with van der Waals surface area (Å²) in [6.07, 6.45) is 11.2. The highest BCUT2D eigenvalue weighted by Gasteiger charge is 2.16. The summed E-state index contributed by atoms with van der Waals surface area (Å²) in [5, 5.41) is 11.9. The lowest BCUT2D eigenvalue weighted by Gasteiger charge is -2.11. The highest BCUT2D eigenvalue weighted by molar-refractivity contribution is 6.00. The summed E-state index contributed by atoms with van der Waals surface area (Å²) in [5.74, 6) is -0.288. The Morgan fingerprint density at radius 3 is 2.76 bits per heavy atom. The molecule has 5 aromatic rings. The normalized spacial score (nSPS) is 12.3. The molecule has 0 saturated carbocycles. The lowest BCUT2D eigenvalue weighted by molar-refractivity contribution is 0.628. The number of hydrogen-bond acceptors (Lipinski definition) is 4. The second-order valence-corrected chi connectivity index (χ2v) is 9.03. The molecule has 0 amide bonds. The van der Waals surface area contributed by atoms with Crippen LogP contribution in [-0.2, 0) is 0 Å². The van der Waals surface area contributed by atoms with Crippen molar-refractivity contribution in [2.45, 2.75) is 26.7 Å². The molecule has 4 aromatic heterocycles. The van der Waals surface area contributed by atoms with Gasteiger partial charge in [0.05, 0.1) is 28.6 Å². The Bertz CT molecular complexity index is 1720. The van der Waals surface area contributed by atoms with E-state index in [-0.39, 0.29) is 5.82 Å². The van der Waals surface area contributed by atoms with Gasteiger partial charge >= 0.3 is 0 Å². The van der Waals surface area contributed by atoms with E-state index in [2.05, 4.69) is 45.6 Å². The molecule has 0 spiro atoms. The average molecular weight is 505 g/mol. The Balaban J connectivity index is 1.55. The van der Waals surface area contributed by atoms with Gasteiger partial charge in [0.1, 0.15) is 17.0 Å². The molecule has 0 aliphatic rings. The van der Waals surface area contributed by atoms with Crippen LogP contribution in [-0.4, -0.2) is 25.1 Å². The molecule has 38 heavy (non-hydrogen) atoms. The van der Waals surface area contributed by atoms with Gasteiger partial charge in [0, 0.05) is 28.5 Å². The Morgan fingerprint density at radius 2 is 2.00 bits per heavy atom. The fraction of sp³-hybridized carbons (Fsp3) is 0.129. The first-order valence-corrected chi connectivity index (χ1v) is 12.5. The van der Waals surface area contributed by atoms with Crippen LogP contribution in [0.3, 0.4) is 0 Å². The van der Waals surface area contributed by atoms with E-state index in [1.807, 2.05) is 43.3 Å². The molecule has 1 aromatic carbocycles. The van der Waals surface area contributed by atoms with Crippen molar-refractivity contribution in [2.24, 2.45) is 0 Å². The molecule has 4 heterocycles. The van der Waals surface area contributed by atoms with Gasteiger partial charge in [-0.1, -0.05) is 44.7 Å². The van der Waals surface area contributed by atoms with Crippen LogP contribution in [0, 0.1) is 5.82 Å². The van der Waals surface area contributed by atoms with Crippen molar-refractivity contribution in [3.05, 3.63) is 109 Å². The van der Waals surface area contributed by atoms with Crippen LogP contribution in [0.2, 0.25) is 0 Å². The summed E-state index contributed by atoms with van der Waals surface area (Å²) in [6.45, 7) is 12.1. The number of hydrogen-bond donors (Lipinski definition) is 3. The summed E-state index contributed by atoms with van der Waals surface area (Å²) in [4.78, 5) is 12.7. The second kappa shape index (κ2) is 10.7. The number of pyridine rings is 2. The lowest BCUT2D eigenvalue weighted by Crippen LogP contribution is -2.10. The van der Waals surface area contributed by atoms with Gasteiger partial charge in [0.2, 0.25) is 0 Å². The summed E-state index contributed by atoms with van der Waals surface area (Å²) in [6, 6.07) is 12.5. The third-order valence-corrected chi connectivity index (χ3v) is 6.35. The molecule has 0 aliphatic carbocycles. The number of aromatic amines is 2. The number of nitrogens with one attached hydrogen (secondary N) is 3. The monoisotopic (exact) mass is 504 g/mol. The molecule has 0 radical (unpaired) electrons. The Labute approximate surface area is 220 Å². The van der Waals surface area contributed by atoms with Crippen molar-refractivity contribution in [3.8, 4) is 22.5 Å². The van der Waals surface area contributed by atoms with E-state index in [1.54, 1.807) is 24.5 Å². The highest BCUT2D eigenvalue weighted by atomic mass is 19.1. The third-order valence-electron chi connectivity index (χ3n) is 6.35. The molecule has 3 N–H and O–H groups in total. The Kier molecular flexibility index (Phi) is 7.00. The predicted molar refractivity (Wildman–Crippen MR) is 153 cm³/mol. The molecule has 5 rings (SSSR count). The average Bonchev–Trinajstić information content (AvgIpc) is 3.54. The third kappa shape index (κ3) is 4.91. The molecule has 190 valence electrons. The lowest BCUT2D eigenvalue weighted by atomic mass is 10.0. The number of halogens is 1. The molecule has 0 saturated heterocycles. The largest absolute Gasteiger partial charge is 0.359 e. The minimum atomic E-state index is -0.288. The summed E-state index contributed by atoms with van der Waals surface area (Å²) >= 11 is 0. The summed E-state index contributed by atoms with van der Waals surface area (Å²) in [7, 11) is 0. The minimum Gasteiger partial charge on any atom is -0.359 e. The smallest absolute Gasteiger partial charge is 0.135 e. The molecular weight excluding hydrogens is 475 g/mol. The number of benzene rings is 1. The zero-order chi connectivity index (χ0) is 26.6. The van der Waals surface area contributed by atoms with Gasteiger partial charge in [-0.15, -0.1) is 0 Å². The number of H-pyrrole nitrogens is 2. The zero-order valence-corrected chi connectivity index (χ0v) is 21.5. The predicted octanol–water partition coefficient (Wildman–Crippen LogP) is 7.68. The van der Waals surface area contributed by atoms with Crippen LogP contribution in [0.4, 0.5) is 4.39 Å². The molecule has 0 fully saturated rings. The van der Waals surface area contributed by atoms with Gasteiger partial charge in [-0.3, -0.25) is 10.1 Å². The fourth-order valence-corrected chi connectivity index (χ4v) is 4.50. The van der Waals surface area contributed by atoms with Crippen molar-refractivity contribution in [3.63, 3.8) is 0 Å². The quantitative estimate of drug-likeness (QED) is 0.180. The SMILES string of the molecule is C=C/C(=C\C(=C/C)c1ccc2[nH]nc(-c3cc4c(-c5cccc(F)c5)cncc4[nH]3)c2n1)NC(=C)CCC. The van der Waals surface area contributed by atoms with E-state index in [1.165, 1.54) is 12.1 Å². The Hall–Kier alpha value is -4.78. The van der Waals surface area contributed by atoms with Crippen LogP contribution in [0.5, 0.6) is 0 Å². The molecule has 0 aliphatic heterocycles. The van der Waals surface area contributed by atoms with Crippen molar-refractivity contribution in [1.29, 1.82) is 0 Å². The maximum absolute atomic E-state index is 13.9. The maximum atomic E-state index is 13.9. The first-order valence-electron chi connectivity index (χ1n) is 12.5. The minimum absolute atomic E-state index is 0.288. The maximum Gasteiger partial charge on any atom is 0.135 e. The summed E-state index contributed by atoms with van der Waals surface area (Å²) < 4.78 is 13.9. The van der Waals surface area contributed by atoms with Gasteiger partial charge in [-0.05, 0) is 67.0 Å². The van der Waals surface area contributed by atoms with Crippen molar-refractivity contribution < 1.29 is 4.39 Å². The van der Waals surface area contributed by atoms with Crippen LogP contribution in [0.25, 0.3) is 50.0 Å². The van der Waals surface area contributed by atoms with Crippen LogP contribution in [0.1, 0.15) is 32.4 Å². The summed E-state index contributed by atoms with van der Waals surface area (Å²) in [5.41, 5.74) is 9.05. The van der Waals surface area contributed by atoms with Gasteiger partial charge in [0.25, 0.3) is 0 Å². The fourth-order valence-electron chi connectivity index (χ4n) is 4.50. The standard InChI is InChI=1S/C31H29FN6/c1-5-9-19(4)34-23(7-3)15-20(6-2)26-12-13-27-30(36-26)31(38-37-27)28-16-24-25(17-33-18-29(24)35-28)21-10-8-11-22(32)14-21/h6-8,10-18,34-35H,3-5,9H2,1-2H3,(H,37,38)/b20-6+,23-15+. The van der Waals surface area contributed by atoms with E-state index in [9.17, 15) is 4.39 Å².